The minimum Gasteiger partial charge on any atom is -0.373 e. The Balaban J connectivity index is 2.45. The number of hydrogen-bond donors (Lipinski definition) is 1. The van der Waals surface area contributed by atoms with Gasteiger partial charge in [0.2, 0.25) is 0 Å². The van der Waals surface area contributed by atoms with Gasteiger partial charge >= 0.3 is 0 Å². The Morgan fingerprint density at radius 2 is 1.76 bits per heavy atom. The van der Waals surface area contributed by atoms with E-state index in [-0.39, 0.29) is 11.2 Å². The summed E-state index contributed by atoms with van der Waals surface area (Å²) in [6, 6.07) is 0.514. The molecule has 1 saturated carbocycles. The summed E-state index contributed by atoms with van der Waals surface area (Å²) in [4.78, 5) is 0. The van der Waals surface area contributed by atoms with Gasteiger partial charge < -0.3 is 14.8 Å². The van der Waals surface area contributed by atoms with E-state index in [0.29, 0.717) is 19.3 Å². The van der Waals surface area contributed by atoms with E-state index in [0.717, 1.165) is 12.5 Å². The van der Waals surface area contributed by atoms with Crippen LogP contribution in [0.3, 0.4) is 0 Å². The summed E-state index contributed by atoms with van der Waals surface area (Å²) < 4.78 is 12.1. The molecular weight excluding hydrogens is 262 g/mol. The third kappa shape index (κ3) is 7.62. The van der Waals surface area contributed by atoms with Crippen LogP contribution in [0.25, 0.3) is 0 Å². The van der Waals surface area contributed by atoms with Crippen LogP contribution in [0, 0.1) is 5.92 Å². The van der Waals surface area contributed by atoms with Crippen molar-refractivity contribution in [3.05, 3.63) is 0 Å². The Bertz CT molecular complexity index is 275. The molecule has 3 nitrogen and oxygen atoms in total. The zero-order valence-corrected chi connectivity index (χ0v) is 15.1. The molecule has 0 amide bonds. The molecule has 3 heteroatoms. The molecule has 1 fully saturated rings. The summed E-state index contributed by atoms with van der Waals surface area (Å²) in [6.45, 7) is 15.3. The summed E-state index contributed by atoms with van der Waals surface area (Å²) in [7, 11) is 0. The van der Waals surface area contributed by atoms with Crippen LogP contribution in [0.15, 0.2) is 0 Å². The molecule has 0 atom stereocenters. The van der Waals surface area contributed by atoms with Crippen molar-refractivity contribution in [1.82, 2.24) is 5.32 Å². The van der Waals surface area contributed by atoms with Crippen LogP contribution in [0.1, 0.15) is 73.6 Å². The Morgan fingerprint density at radius 3 is 2.24 bits per heavy atom. The van der Waals surface area contributed by atoms with Crippen molar-refractivity contribution < 1.29 is 9.47 Å². The molecule has 126 valence electrons. The highest BCUT2D eigenvalue weighted by Crippen LogP contribution is 2.36. The van der Waals surface area contributed by atoms with Gasteiger partial charge in [-0.1, -0.05) is 27.2 Å². The Morgan fingerprint density at radius 1 is 1.14 bits per heavy atom. The second kappa shape index (κ2) is 8.50. The zero-order chi connectivity index (χ0) is 15.9. The van der Waals surface area contributed by atoms with E-state index in [2.05, 4.69) is 46.9 Å². The van der Waals surface area contributed by atoms with Crippen molar-refractivity contribution in [3.8, 4) is 0 Å². The molecule has 0 aromatic carbocycles. The molecule has 1 rings (SSSR count). The lowest BCUT2D eigenvalue weighted by molar-refractivity contribution is -0.110. The average molecular weight is 299 g/mol. The summed E-state index contributed by atoms with van der Waals surface area (Å²) in [5, 5.41) is 3.58. The Kier molecular flexibility index (Phi) is 7.66. The first kappa shape index (κ1) is 18.9. The standard InChI is InChI=1S/C18H37NO2/c1-7-16-8-10-18(11-9-16,14-19-15(2)3)21-13-12-20-17(4,5)6/h15-16,19H,7-14H2,1-6H3. The normalized spacial score (nSPS) is 27.3. The molecule has 1 aliphatic rings. The number of ether oxygens (including phenoxy) is 2. The highest BCUT2D eigenvalue weighted by molar-refractivity contribution is 4.89. The van der Waals surface area contributed by atoms with Gasteiger partial charge in [-0.15, -0.1) is 0 Å². The monoisotopic (exact) mass is 299 g/mol. The van der Waals surface area contributed by atoms with Gasteiger partial charge in [0, 0.05) is 12.6 Å². The third-order valence-corrected chi connectivity index (χ3v) is 4.45. The first-order chi connectivity index (χ1) is 9.76. The maximum Gasteiger partial charge on any atom is 0.0807 e. The van der Waals surface area contributed by atoms with Gasteiger partial charge in [0.25, 0.3) is 0 Å². The van der Waals surface area contributed by atoms with Crippen molar-refractivity contribution >= 4 is 0 Å². The highest BCUT2D eigenvalue weighted by atomic mass is 16.5. The molecular formula is C18H37NO2. The molecule has 0 aromatic rings. The van der Waals surface area contributed by atoms with E-state index >= 15 is 0 Å². The van der Waals surface area contributed by atoms with Crippen LogP contribution < -0.4 is 5.32 Å². The van der Waals surface area contributed by atoms with Crippen LogP contribution in [0.5, 0.6) is 0 Å². The van der Waals surface area contributed by atoms with Gasteiger partial charge in [0.1, 0.15) is 0 Å². The first-order valence-corrected chi connectivity index (χ1v) is 8.78. The Hall–Kier alpha value is -0.120. The fourth-order valence-corrected chi connectivity index (χ4v) is 2.98. The van der Waals surface area contributed by atoms with Crippen LogP contribution in [-0.4, -0.2) is 37.0 Å². The minimum absolute atomic E-state index is 0.0250. The lowest BCUT2D eigenvalue weighted by Gasteiger charge is -2.41. The van der Waals surface area contributed by atoms with Crippen molar-refractivity contribution in [2.75, 3.05) is 19.8 Å². The van der Waals surface area contributed by atoms with E-state index < -0.39 is 0 Å². The van der Waals surface area contributed by atoms with Crippen LogP contribution in [-0.2, 0) is 9.47 Å². The van der Waals surface area contributed by atoms with Crippen molar-refractivity contribution in [3.63, 3.8) is 0 Å². The predicted octanol–water partition coefficient (Wildman–Crippen LogP) is 4.16. The van der Waals surface area contributed by atoms with Gasteiger partial charge in [-0.25, -0.2) is 0 Å². The van der Waals surface area contributed by atoms with Crippen molar-refractivity contribution in [1.29, 1.82) is 0 Å². The zero-order valence-electron chi connectivity index (χ0n) is 15.1. The third-order valence-electron chi connectivity index (χ3n) is 4.45. The molecule has 1 aliphatic carbocycles. The van der Waals surface area contributed by atoms with Gasteiger partial charge in [-0.3, -0.25) is 0 Å². The largest absolute Gasteiger partial charge is 0.373 e. The molecule has 1 N–H and O–H groups in total. The molecule has 21 heavy (non-hydrogen) atoms. The van der Waals surface area contributed by atoms with E-state index in [1.54, 1.807) is 0 Å². The van der Waals surface area contributed by atoms with Gasteiger partial charge in [0.05, 0.1) is 24.4 Å². The summed E-state index contributed by atoms with van der Waals surface area (Å²) in [6.07, 6.45) is 6.27. The summed E-state index contributed by atoms with van der Waals surface area (Å²) >= 11 is 0. The lowest BCUT2D eigenvalue weighted by atomic mass is 9.77. The van der Waals surface area contributed by atoms with Gasteiger partial charge in [-0.05, 0) is 52.4 Å². The maximum absolute atomic E-state index is 6.32. The molecule has 0 heterocycles. The van der Waals surface area contributed by atoms with Crippen molar-refractivity contribution in [2.24, 2.45) is 5.92 Å². The molecule has 0 spiro atoms. The molecule has 0 aliphatic heterocycles. The average Bonchev–Trinajstić information content (AvgIpc) is 2.41. The maximum atomic E-state index is 6.32. The summed E-state index contributed by atoms with van der Waals surface area (Å²) in [5.74, 6) is 0.895. The second-order valence-electron chi connectivity index (χ2n) is 7.88. The van der Waals surface area contributed by atoms with Gasteiger partial charge in [0.15, 0.2) is 0 Å². The number of rotatable bonds is 8. The van der Waals surface area contributed by atoms with Gasteiger partial charge in [-0.2, -0.15) is 0 Å². The first-order valence-electron chi connectivity index (χ1n) is 8.78. The molecule has 0 unspecified atom stereocenters. The van der Waals surface area contributed by atoms with Crippen LogP contribution in [0.2, 0.25) is 0 Å². The highest BCUT2D eigenvalue weighted by Gasteiger charge is 2.35. The van der Waals surface area contributed by atoms with Crippen molar-refractivity contribution in [2.45, 2.75) is 90.9 Å². The second-order valence-corrected chi connectivity index (χ2v) is 7.88. The minimum atomic E-state index is -0.0768. The topological polar surface area (TPSA) is 30.5 Å². The molecule has 0 radical (unpaired) electrons. The quantitative estimate of drug-likeness (QED) is 0.683. The fraction of sp³-hybridized carbons (Fsp3) is 1.00. The fourth-order valence-electron chi connectivity index (χ4n) is 2.98. The van der Waals surface area contributed by atoms with E-state index in [1.165, 1.54) is 32.1 Å². The molecule has 0 aromatic heterocycles. The van der Waals surface area contributed by atoms with Crippen LogP contribution in [0.4, 0.5) is 0 Å². The molecule has 0 bridgehead atoms. The Labute approximate surface area is 132 Å². The van der Waals surface area contributed by atoms with E-state index in [4.69, 9.17) is 9.47 Å². The van der Waals surface area contributed by atoms with Crippen LogP contribution >= 0.6 is 0 Å². The molecule has 0 saturated heterocycles. The van der Waals surface area contributed by atoms with E-state index in [1.807, 2.05) is 0 Å². The number of hydrogen-bond acceptors (Lipinski definition) is 3. The lowest BCUT2D eigenvalue weighted by Crippen LogP contribution is -2.48. The summed E-state index contributed by atoms with van der Waals surface area (Å²) in [5.41, 5.74) is -0.0518. The van der Waals surface area contributed by atoms with E-state index in [9.17, 15) is 0 Å². The SMILES string of the molecule is CCC1CCC(CNC(C)C)(OCCOC(C)(C)C)CC1. The number of nitrogens with one attached hydrogen (secondary N) is 1. The predicted molar refractivity (Wildman–Crippen MR) is 89.8 cm³/mol. The smallest absolute Gasteiger partial charge is 0.0807 e.